The predicted molar refractivity (Wildman–Crippen MR) is 81.4 cm³/mol. The highest BCUT2D eigenvalue weighted by atomic mass is 32.2. The highest BCUT2D eigenvalue weighted by Gasteiger charge is 2.32. The Labute approximate surface area is 115 Å². The molecule has 0 unspecified atom stereocenters. The van der Waals surface area contributed by atoms with E-state index in [1.807, 2.05) is 11.8 Å². The Balaban J connectivity index is 2.01. The second-order valence-corrected chi connectivity index (χ2v) is 6.76. The van der Waals surface area contributed by atoms with Gasteiger partial charge < -0.3 is 0 Å². The largest absolute Gasteiger partial charge is 0.179 e. The van der Waals surface area contributed by atoms with Gasteiger partial charge in [0.25, 0.3) is 0 Å². The summed E-state index contributed by atoms with van der Waals surface area (Å²) in [6.45, 7) is 4.38. The number of hydrogen-bond acceptors (Lipinski definition) is 2. The van der Waals surface area contributed by atoms with Crippen LogP contribution in [-0.2, 0) is 0 Å². The molecule has 0 bridgehead atoms. The Morgan fingerprint density at radius 3 is 2.53 bits per heavy atom. The molecule has 17 heavy (non-hydrogen) atoms. The van der Waals surface area contributed by atoms with Gasteiger partial charge in [0.05, 0.1) is 0 Å². The summed E-state index contributed by atoms with van der Waals surface area (Å²) in [4.78, 5) is 1.45. The molecule has 1 fully saturated rings. The maximum Gasteiger partial charge on any atom is 0.0102 e. The highest BCUT2D eigenvalue weighted by molar-refractivity contribution is 7.99. The van der Waals surface area contributed by atoms with Crippen LogP contribution in [0.5, 0.6) is 0 Å². The van der Waals surface area contributed by atoms with Crippen molar-refractivity contribution in [2.75, 3.05) is 11.5 Å². The zero-order chi connectivity index (χ0) is 12.3. The van der Waals surface area contributed by atoms with E-state index in [1.165, 1.54) is 47.5 Å². The summed E-state index contributed by atoms with van der Waals surface area (Å²) in [5, 5.41) is 0. The highest BCUT2D eigenvalue weighted by Crippen LogP contribution is 2.43. The van der Waals surface area contributed by atoms with Crippen molar-refractivity contribution in [1.82, 2.24) is 0 Å². The van der Waals surface area contributed by atoms with Crippen LogP contribution in [0.25, 0.3) is 0 Å². The van der Waals surface area contributed by atoms with Gasteiger partial charge in [-0.3, -0.25) is 0 Å². The zero-order valence-corrected chi connectivity index (χ0v) is 12.5. The van der Waals surface area contributed by atoms with E-state index >= 15 is 0 Å². The first-order valence-electron chi connectivity index (χ1n) is 6.46. The van der Waals surface area contributed by atoms with Gasteiger partial charge in [0, 0.05) is 10.6 Å². The van der Waals surface area contributed by atoms with Crippen LogP contribution in [0.4, 0.5) is 0 Å². The molecule has 0 aromatic heterocycles. The topological polar surface area (TPSA) is 0 Å². The summed E-state index contributed by atoms with van der Waals surface area (Å²) in [6.07, 6.45) is 5.53. The molecule has 94 valence electrons. The number of thiol groups is 1. The minimum atomic E-state index is 0.505. The zero-order valence-electron chi connectivity index (χ0n) is 10.8. The molecule has 2 rings (SSSR count). The minimum Gasteiger partial charge on any atom is -0.179 e. The van der Waals surface area contributed by atoms with Crippen molar-refractivity contribution in [1.29, 1.82) is 0 Å². The molecule has 0 amide bonds. The summed E-state index contributed by atoms with van der Waals surface area (Å²) in [6, 6.07) is 6.78. The molecule has 0 heterocycles. The third kappa shape index (κ3) is 3.23. The molecule has 1 aliphatic carbocycles. The second-order valence-electron chi connectivity index (χ2n) is 5.42. The Hall–Kier alpha value is -0.0800. The summed E-state index contributed by atoms with van der Waals surface area (Å²) in [5.41, 5.74) is 3.28. The maximum absolute atomic E-state index is 4.58. The maximum atomic E-state index is 4.58. The van der Waals surface area contributed by atoms with E-state index in [-0.39, 0.29) is 0 Å². The molecule has 1 aromatic rings. The van der Waals surface area contributed by atoms with Crippen molar-refractivity contribution in [2.45, 2.75) is 44.4 Å². The number of hydrogen-bond donors (Lipinski definition) is 1. The molecule has 0 spiro atoms. The molecule has 1 aromatic carbocycles. The summed E-state index contributed by atoms with van der Waals surface area (Å²) >= 11 is 6.60. The van der Waals surface area contributed by atoms with Crippen molar-refractivity contribution < 1.29 is 0 Å². The molecule has 0 saturated heterocycles. The first kappa shape index (κ1) is 13.4. The van der Waals surface area contributed by atoms with E-state index in [2.05, 4.69) is 44.7 Å². The fourth-order valence-electron chi connectivity index (χ4n) is 2.67. The molecule has 0 radical (unpaired) electrons. The lowest BCUT2D eigenvalue weighted by atomic mass is 9.91. The molecular weight excluding hydrogens is 244 g/mol. The summed E-state index contributed by atoms with van der Waals surface area (Å²) < 4.78 is 0. The first-order chi connectivity index (χ1) is 8.15. The number of benzene rings is 1. The van der Waals surface area contributed by atoms with Crippen molar-refractivity contribution in [3.63, 3.8) is 0 Å². The van der Waals surface area contributed by atoms with Crippen LogP contribution in [0.2, 0.25) is 0 Å². The average molecular weight is 266 g/mol. The van der Waals surface area contributed by atoms with Gasteiger partial charge in [0.1, 0.15) is 0 Å². The van der Waals surface area contributed by atoms with E-state index in [4.69, 9.17) is 0 Å². The predicted octanol–water partition coefficient (Wildman–Crippen LogP) is 4.89. The van der Waals surface area contributed by atoms with Crippen LogP contribution in [0.1, 0.15) is 36.8 Å². The molecule has 1 aliphatic rings. The summed E-state index contributed by atoms with van der Waals surface area (Å²) in [5.74, 6) is 2.28. The lowest BCUT2D eigenvalue weighted by molar-refractivity contribution is 0.403. The Kier molecular flexibility index (Phi) is 4.48. The van der Waals surface area contributed by atoms with E-state index in [9.17, 15) is 0 Å². The van der Waals surface area contributed by atoms with Gasteiger partial charge in [0.15, 0.2) is 0 Å². The summed E-state index contributed by atoms with van der Waals surface area (Å²) in [7, 11) is 0. The Morgan fingerprint density at radius 2 is 1.94 bits per heavy atom. The normalized spacial score (nSPS) is 18.5. The third-order valence-electron chi connectivity index (χ3n) is 3.86. The number of rotatable bonds is 4. The van der Waals surface area contributed by atoms with E-state index in [0.29, 0.717) is 5.41 Å². The minimum absolute atomic E-state index is 0.505. The van der Waals surface area contributed by atoms with E-state index in [0.717, 1.165) is 5.75 Å². The standard InChI is InChI=1S/C15H22S2/c1-12-5-6-14(13(2)9-12)17-11-15(10-16)7-3-4-8-15/h5-6,9,16H,3-4,7-8,10-11H2,1-2H3. The quantitative estimate of drug-likeness (QED) is 0.598. The number of aryl methyl sites for hydroxylation is 2. The van der Waals surface area contributed by atoms with Gasteiger partial charge in [-0.15, -0.1) is 11.8 Å². The van der Waals surface area contributed by atoms with E-state index in [1.54, 1.807) is 0 Å². The van der Waals surface area contributed by atoms with Gasteiger partial charge in [-0.05, 0) is 49.5 Å². The fraction of sp³-hybridized carbons (Fsp3) is 0.600. The van der Waals surface area contributed by atoms with Crippen molar-refractivity contribution in [3.8, 4) is 0 Å². The first-order valence-corrected chi connectivity index (χ1v) is 8.08. The van der Waals surface area contributed by atoms with E-state index < -0.39 is 0 Å². The van der Waals surface area contributed by atoms with Gasteiger partial charge in [-0.2, -0.15) is 12.6 Å². The van der Waals surface area contributed by atoms with Gasteiger partial charge in [-0.1, -0.05) is 30.5 Å². The second kappa shape index (κ2) is 5.71. The SMILES string of the molecule is Cc1ccc(SCC2(CS)CCCC2)c(C)c1. The van der Waals surface area contributed by atoms with Crippen LogP contribution in [-0.4, -0.2) is 11.5 Å². The molecule has 1 saturated carbocycles. The fourth-order valence-corrected chi connectivity index (χ4v) is 4.55. The molecule has 2 heteroatoms. The lowest BCUT2D eigenvalue weighted by Crippen LogP contribution is -2.21. The molecule has 0 aliphatic heterocycles. The smallest absolute Gasteiger partial charge is 0.0102 e. The molecule has 0 atom stereocenters. The van der Waals surface area contributed by atoms with Crippen LogP contribution in [0, 0.1) is 19.3 Å². The number of thioether (sulfide) groups is 1. The average Bonchev–Trinajstić information content (AvgIpc) is 2.77. The molecular formula is C15H22S2. The van der Waals surface area contributed by atoms with Crippen LogP contribution in [0.3, 0.4) is 0 Å². The van der Waals surface area contributed by atoms with Crippen LogP contribution >= 0.6 is 24.4 Å². The monoisotopic (exact) mass is 266 g/mol. The van der Waals surface area contributed by atoms with Crippen molar-refractivity contribution >= 4 is 24.4 Å². The van der Waals surface area contributed by atoms with Gasteiger partial charge in [0.2, 0.25) is 0 Å². The van der Waals surface area contributed by atoms with Gasteiger partial charge >= 0.3 is 0 Å². The lowest BCUT2D eigenvalue weighted by Gasteiger charge is -2.26. The van der Waals surface area contributed by atoms with Crippen molar-refractivity contribution in [2.24, 2.45) is 5.41 Å². The van der Waals surface area contributed by atoms with Crippen LogP contribution < -0.4 is 0 Å². The molecule has 0 N–H and O–H groups in total. The van der Waals surface area contributed by atoms with Crippen molar-refractivity contribution in [3.05, 3.63) is 29.3 Å². The Bertz CT molecular complexity index is 379. The third-order valence-corrected chi connectivity index (χ3v) is 6.06. The van der Waals surface area contributed by atoms with Crippen LogP contribution in [0.15, 0.2) is 23.1 Å². The Morgan fingerprint density at radius 1 is 1.24 bits per heavy atom. The van der Waals surface area contributed by atoms with Gasteiger partial charge in [-0.25, -0.2) is 0 Å². The molecule has 0 nitrogen and oxygen atoms in total.